The molecule has 0 aliphatic heterocycles. The first-order chi connectivity index (χ1) is 8.13. The van der Waals surface area contributed by atoms with E-state index in [1.807, 2.05) is 0 Å². The molecule has 17 heavy (non-hydrogen) atoms. The van der Waals surface area contributed by atoms with Crippen molar-refractivity contribution < 1.29 is 19.4 Å². The zero-order valence-electron chi connectivity index (χ0n) is 9.34. The molecule has 1 aromatic rings. The lowest BCUT2D eigenvalue weighted by atomic mass is 10.2. The summed E-state index contributed by atoms with van der Waals surface area (Å²) in [5, 5.41) is 11.8. The lowest BCUT2D eigenvalue weighted by Crippen LogP contribution is -2.13. The Balaban J connectivity index is 2.11. The number of hydrogen-bond donors (Lipinski definition) is 2. The van der Waals surface area contributed by atoms with Crippen LogP contribution >= 0.6 is 0 Å². The second kappa shape index (κ2) is 4.45. The van der Waals surface area contributed by atoms with Gasteiger partial charge in [-0.25, -0.2) is 4.79 Å². The third-order valence-corrected chi connectivity index (χ3v) is 2.78. The Morgan fingerprint density at radius 2 is 2.12 bits per heavy atom. The van der Waals surface area contributed by atoms with Crippen LogP contribution in [0.2, 0.25) is 0 Å². The zero-order valence-corrected chi connectivity index (χ0v) is 9.34. The smallest absolute Gasteiger partial charge is 0.339 e. The quantitative estimate of drug-likeness (QED) is 0.770. The van der Waals surface area contributed by atoms with E-state index in [-0.39, 0.29) is 12.0 Å². The van der Waals surface area contributed by atoms with E-state index in [1.54, 1.807) is 24.3 Å². The highest BCUT2D eigenvalue weighted by atomic mass is 16.5. The molecule has 5 heteroatoms. The van der Waals surface area contributed by atoms with Gasteiger partial charge in [0.25, 0.3) is 0 Å². The lowest BCUT2D eigenvalue weighted by Gasteiger charge is -2.09. The van der Waals surface area contributed by atoms with Crippen LogP contribution < -0.4 is 5.32 Å². The van der Waals surface area contributed by atoms with E-state index in [0.29, 0.717) is 17.7 Å². The molecule has 0 bridgehead atoms. The lowest BCUT2D eigenvalue weighted by molar-refractivity contribution is -0.138. The number of benzene rings is 1. The van der Waals surface area contributed by atoms with E-state index >= 15 is 0 Å². The number of ether oxygens (including phenoxy) is 1. The van der Waals surface area contributed by atoms with Crippen molar-refractivity contribution in [2.24, 2.45) is 5.92 Å². The topological polar surface area (TPSA) is 75.6 Å². The fourth-order valence-corrected chi connectivity index (χ4v) is 1.72. The van der Waals surface area contributed by atoms with Crippen molar-refractivity contribution in [2.75, 3.05) is 12.4 Å². The summed E-state index contributed by atoms with van der Waals surface area (Å²) in [6.07, 6.45) is 0.588. The van der Waals surface area contributed by atoms with E-state index in [4.69, 9.17) is 5.11 Å². The maximum Gasteiger partial charge on any atom is 0.339 e. The largest absolute Gasteiger partial charge is 0.481 e. The Morgan fingerprint density at radius 1 is 1.41 bits per heavy atom. The summed E-state index contributed by atoms with van der Waals surface area (Å²) in [6, 6.07) is 6.81. The molecular weight excluding hydrogens is 222 g/mol. The van der Waals surface area contributed by atoms with Crippen molar-refractivity contribution in [3.05, 3.63) is 29.8 Å². The van der Waals surface area contributed by atoms with Gasteiger partial charge in [0, 0.05) is 11.7 Å². The summed E-state index contributed by atoms with van der Waals surface area (Å²) in [5.41, 5.74) is 1.04. The van der Waals surface area contributed by atoms with Gasteiger partial charge in [0.1, 0.15) is 0 Å². The number of rotatable bonds is 4. The number of methoxy groups -OCH3 is 1. The summed E-state index contributed by atoms with van der Waals surface area (Å²) in [6.45, 7) is 0. The van der Waals surface area contributed by atoms with Crippen molar-refractivity contribution in [2.45, 2.75) is 12.5 Å². The first-order valence-electron chi connectivity index (χ1n) is 5.30. The summed E-state index contributed by atoms with van der Waals surface area (Å²) in [4.78, 5) is 22.2. The van der Waals surface area contributed by atoms with Crippen LogP contribution in [-0.4, -0.2) is 30.2 Å². The van der Waals surface area contributed by atoms with Gasteiger partial charge in [0.2, 0.25) is 0 Å². The fraction of sp³-hybridized carbons (Fsp3) is 0.333. The van der Waals surface area contributed by atoms with Crippen LogP contribution in [0.1, 0.15) is 16.8 Å². The molecule has 0 heterocycles. The van der Waals surface area contributed by atoms with Crippen LogP contribution in [0.25, 0.3) is 0 Å². The average molecular weight is 235 g/mol. The Bertz CT molecular complexity index is 458. The maximum absolute atomic E-state index is 11.5. The van der Waals surface area contributed by atoms with Crippen LogP contribution in [-0.2, 0) is 9.53 Å². The zero-order chi connectivity index (χ0) is 12.4. The molecule has 5 nitrogen and oxygen atoms in total. The van der Waals surface area contributed by atoms with Gasteiger partial charge in [-0.2, -0.15) is 0 Å². The molecule has 0 spiro atoms. The van der Waals surface area contributed by atoms with Gasteiger partial charge in [-0.15, -0.1) is 0 Å². The molecule has 2 unspecified atom stereocenters. The SMILES string of the molecule is COC(=O)c1ccccc1NC1CC1C(=O)O. The van der Waals surface area contributed by atoms with Crippen molar-refractivity contribution in [3.63, 3.8) is 0 Å². The molecule has 0 saturated heterocycles. The number of esters is 1. The molecule has 2 N–H and O–H groups in total. The number of carboxylic acid groups (broad SMARTS) is 1. The van der Waals surface area contributed by atoms with Crippen LogP contribution in [0, 0.1) is 5.92 Å². The molecular formula is C12H13NO4. The molecule has 1 aliphatic carbocycles. The maximum atomic E-state index is 11.5. The molecule has 90 valence electrons. The molecule has 0 amide bonds. The highest BCUT2D eigenvalue weighted by molar-refractivity contribution is 5.95. The summed E-state index contributed by atoms with van der Waals surface area (Å²) in [5.74, 6) is -1.60. The van der Waals surface area contributed by atoms with Crippen molar-refractivity contribution in [1.29, 1.82) is 0 Å². The molecule has 1 aromatic carbocycles. The van der Waals surface area contributed by atoms with E-state index in [2.05, 4.69) is 10.1 Å². The predicted molar refractivity (Wildman–Crippen MR) is 60.9 cm³/mol. The Labute approximate surface area is 98.4 Å². The van der Waals surface area contributed by atoms with E-state index in [9.17, 15) is 9.59 Å². The highest BCUT2D eigenvalue weighted by Gasteiger charge is 2.43. The molecule has 0 aromatic heterocycles. The van der Waals surface area contributed by atoms with Crippen LogP contribution in [0.15, 0.2) is 24.3 Å². The minimum absolute atomic E-state index is 0.0988. The van der Waals surface area contributed by atoms with Gasteiger partial charge < -0.3 is 15.2 Å². The van der Waals surface area contributed by atoms with Crippen molar-refractivity contribution in [3.8, 4) is 0 Å². The highest BCUT2D eigenvalue weighted by Crippen LogP contribution is 2.34. The number of carbonyl (C=O) groups is 2. The summed E-state index contributed by atoms with van der Waals surface area (Å²) < 4.78 is 4.66. The van der Waals surface area contributed by atoms with Crippen molar-refractivity contribution >= 4 is 17.6 Å². The Hall–Kier alpha value is -2.04. The Morgan fingerprint density at radius 3 is 2.71 bits per heavy atom. The number of hydrogen-bond acceptors (Lipinski definition) is 4. The first-order valence-corrected chi connectivity index (χ1v) is 5.30. The fourth-order valence-electron chi connectivity index (χ4n) is 1.72. The van der Waals surface area contributed by atoms with Crippen LogP contribution in [0.4, 0.5) is 5.69 Å². The van der Waals surface area contributed by atoms with Gasteiger partial charge in [0.15, 0.2) is 0 Å². The summed E-state index contributed by atoms with van der Waals surface area (Å²) >= 11 is 0. The molecule has 2 rings (SSSR count). The molecule has 2 atom stereocenters. The van der Waals surface area contributed by atoms with Gasteiger partial charge in [-0.3, -0.25) is 4.79 Å². The standard InChI is InChI=1S/C12H13NO4/c1-17-12(16)7-4-2-3-5-9(7)13-10-6-8(10)11(14)15/h2-5,8,10,13H,6H2,1H3,(H,14,15). The number of aliphatic carboxylic acids is 1. The minimum atomic E-state index is -0.807. The Kier molecular flexibility index (Phi) is 2.99. The number of carbonyl (C=O) groups excluding carboxylic acids is 1. The van der Waals surface area contributed by atoms with E-state index in [0.717, 1.165) is 0 Å². The number of nitrogens with one attached hydrogen (secondary N) is 1. The molecule has 0 radical (unpaired) electrons. The van der Waals surface area contributed by atoms with Crippen LogP contribution in [0.3, 0.4) is 0 Å². The monoisotopic (exact) mass is 235 g/mol. The van der Waals surface area contributed by atoms with Gasteiger partial charge in [-0.05, 0) is 18.6 Å². The number of carboxylic acids is 1. The first kappa shape index (κ1) is 11.4. The van der Waals surface area contributed by atoms with Crippen molar-refractivity contribution in [1.82, 2.24) is 0 Å². The van der Waals surface area contributed by atoms with E-state index < -0.39 is 11.9 Å². The molecule has 1 saturated carbocycles. The number of para-hydroxylation sites is 1. The third-order valence-electron chi connectivity index (χ3n) is 2.78. The van der Waals surface area contributed by atoms with Gasteiger partial charge in [-0.1, -0.05) is 12.1 Å². The second-order valence-electron chi connectivity index (χ2n) is 3.97. The van der Waals surface area contributed by atoms with E-state index in [1.165, 1.54) is 7.11 Å². The summed E-state index contributed by atoms with van der Waals surface area (Å²) in [7, 11) is 1.32. The molecule has 1 fully saturated rings. The van der Waals surface area contributed by atoms with Crippen LogP contribution in [0.5, 0.6) is 0 Å². The number of anilines is 1. The molecule has 1 aliphatic rings. The minimum Gasteiger partial charge on any atom is -0.481 e. The predicted octanol–water partition coefficient (Wildman–Crippen LogP) is 1.36. The third kappa shape index (κ3) is 2.38. The average Bonchev–Trinajstić information content (AvgIpc) is 3.08. The van der Waals surface area contributed by atoms with Gasteiger partial charge >= 0.3 is 11.9 Å². The normalized spacial score (nSPS) is 21.7. The second-order valence-corrected chi connectivity index (χ2v) is 3.97. The van der Waals surface area contributed by atoms with Gasteiger partial charge in [0.05, 0.1) is 18.6 Å².